The zero-order valence-electron chi connectivity index (χ0n) is 25.4. The smallest absolute Gasteiger partial charge is 0.338 e. The van der Waals surface area contributed by atoms with Crippen LogP contribution in [0.3, 0.4) is 0 Å². The van der Waals surface area contributed by atoms with Crippen molar-refractivity contribution in [1.29, 1.82) is 0 Å². The number of aromatic nitrogens is 1. The Labute approximate surface area is 261 Å². The van der Waals surface area contributed by atoms with E-state index in [9.17, 15) is 19.1 Å². The third kappa shape index (κ3) is 6.22. The van der Waals surface area contributed by atoms with Crippen LogP contribution in [-0.2, 0) is 19.2 Å². The van der Waals surface area contributed by atoms with Crippen molar-refractivity contribution in [3.8, 4) is 0 Å². The molecule has 2 saturated heterocycles. The Bertz CT molecular complexity index is 1550. The molecule has 2 N–H and O–H groups in total. The molecule has 1 aromatic carbocycles. The third-order valence-electron chi connectivity index (χ3n) is 8.48. The standard InChI is InChI=1S/C30H35F4N5O5S/c1-6-43-27(40)22-19(36-25(26-35-15(2)13-45-26)37-23(22)17-8-7-9-18(31)16(17)3)10-38-14-30(33,34)24-20(38)12-44-39(24)11-21(32)29(4,5)28(41)42/h7-9,13,20-21,23-24H,6,10-12,14H2,1-5H3,(H,36,37)(H,41,42)/t20-,21-,23+,24+/m1/s1. The first kappa shape index (κ1) is 33.0. The van der Waals surface area contributed by atoms with Crippen LogP contribution in [0.25, 0.3) is 0 Å². The van der Waals surface area contributed by atoms with Gasteiger partial charge in [0.2, 0.25) is 0 Å². The van der Waals surface area contributed by atoms with E-state index in [4.69, 9.17) is 14.6 Å². The summed E-state index contributed by atoms with van der Waals surface area (Å²) in [5.74, 6) is -5.72. The van der Waals surface area contributed by atoms with E-state index in [1.165, 1.54) is 42.2 Å². The van der Waals surface area contributed by atoms with Crippen molar-refractivity contribution in [1.82, 2.24) is 20.3 Å². The number of fused-ring (bicyclic) bond motifs is 1. The molecule has 15 heteroatoms. The van der Waals surface area contributed by atoms with Crippen molar-refractivity contribution in [2.45, 2.75) is 64.8 Å². The van der Waals surface area contributed by atoms with Crippen LogP contribution in [0.4, 0.5) is 17.6 Å². The molecule has 3 aliphatic heterocycles. The van der Waals surface area contributed by atoms with Gasteiger partial charge in [-0.2, -0.15) is 5.06 Å². The van der Waals surface area contributed by atoms with Crippen LogP contribution >= 0.6 is 11.3 Å². The van der Waals surface area contributed by atoms with E-state index < -0.39 is 66.5 Å². The summed E-state index contributed by atoms with van der Waals surface area (Å²) in [5.41, 5.74) is -0.168. The molecule has 2 aromatic rings. The van der Waals surface area contributed by atoms with Crippen molar-refractivity contribution in [2.24, 2.45) is 10.4 Å². The van der Waals surface area contributed by atoms with Crippen LogP contribution in [-0.4, -0.2) is 94.9 Å². The molecule has 4 atom stereocenters. The number of nitrogens with zero attached hydrogens (tertiary/aromatic N) is 4. The van der Waals surface area contributed by atoms with E-state index in [1.54, 1.807) is 26.8 Å². The van der Waals surface area contributed by atoms with E-state index in [-0.39, 0.29) is 42.4 Å². The summed E-state index contributed by atoms with van der Waals surface area (Å²) in [4.78, 5) is 41.3. The molecule has 4 heterocycles. The number of esters is 1. The molecule has 0 bridgehead atoms. The Morgan fingerprint density at radius 1 is 1.31 bits per heavy atom. The lowest BCUT2D eigenvalue weighted by Gasteiger charge is -2.31. The maximum atomic E-state index is 15.6. The number of benzene rings is 1. The summed E-state index contributed by atoms with van der Waals surface area (Å²) >= 11 is 1.30. The quantitative estimate of drug-likeness (QED) is 0.288. The highest BCUT2D eigenvalue weighted by Gasteiger charge is 2.61. The number of carbonyl (C=O) groups is 2. The van der Waals surface area contributed by atoms with Crippen LogP contribution in [0, 0.1) is 25.1 Å². The molecule has 45 heavy (non-hydrogen) atoms. The normalized spacial score (nSPS) is 24.3. The lowest BCUT2D eigenvalue weighted by molar-refractivity contribution is -0.196. The second-order valence-corrected chi connectivity index (χ2v) is 12.8. The number of hydrogen-bond acceptors (Lipinski definition) is 10. The molecule has 0 aliphatic carbocycles. The molecular formula is C30H35F4N5O5S. The molecule has 0 unspecified atom stereocenters. The fourth-order valence-electron chi connectivity index (χ4n) is 5.76. The van der Waals surface area contributed by atoms with Gasteiger partial charge >= 0.3 is 11.9 Å². The first-order valence-corrected chi connectivity index (χ1v) is 15.3. The SMILES string of the molecule is CCOC(=O)C1=C(CN2CC(F)(F)[C@@H]3[C@H]2CON3C[C@@H](F)C(C)(C)C(=O)O)NC(c2nc(C)cs2)=N[C@H]1c1cccc(F)c1C. The Balaban J connectivity index is 1.53. The number of alkyl halides is 3. The fraction of sp³-hybridized carbons (Fsp3) is 0.533. The van der Waals surface area contributed by atoms with Crippen molar-refractivity contribution < 1.29 is 41.8 Å². The molecule has 0 saturated carbocycles. The zero-order chi connectivity index (χ0) is 32.8. The molecule has 0 spiro atoms. The lowest BCUT2D eigenvalue weighted by Crippen LogP contribution is -2.50. The highest BCUT2D eigenvalue weighted by molar-refractivity contribution is 7.11. The first-order valence-electron chi connectivity index (χ1n) is 14.5. The van der Waals surface area contributed by atoms with Crippen LogP contribution in [0.5, 0.6) is 0 Å². The predicted octanol–water partition coefficient (Wildman–Crippen LogP) is 4.19. The maximum Gasteiger partial charge on any atom is 0.338 e. The van der Waals surface area contributed by atoms with Gasteiger partial charge in [-0.05, 0) is 51.8 Å². The molecule has 0 radical (unpaired) electrons. The van der Waals surface area contributed by atoms with E-state index in [0.29, 0.717) is 10.6 Å². The van der Waals surface area contributed by atoms with Gasteiger partial charge in [-0.1, -0.05) is 12.1 Å². The number of aliphatic imine (C=N–C) groups is 1. The number of thiazole rings is 1. The minimum Gasteiger partial charge on any atom is -0.481 e. The van der Waals surface area contributed by atoms with Gasteiger partial charge < -0.3 is 15.2 Å². The van der Waals surface area contributed by atoms with Gasteiger partial charge in [-0.3, -0.25) is 19.5 Å². The molecule has 2 fully saturated rings. The monoisotopic (exact) mass is 653 g/mol. The second kappa shape index (κ2) is 12.4. The highest BCUT2D eigenvalue weighted by Crippen LogP contribution is 2.42. The number of aliphatic carboxylic acids is 1. The van der Waals surface area contributed by atoms with Crippen LogP contribution in [0.15, 0.2) is 39.8 Å². The zero-order valence-corrected chi connectivity index (χ0v) is 26.3. The number of ether oxygens (including phenoxy) is 1. The molecule has 0 amide bonds. The number of halogens is 4. The van der Waals surface area contributed by atoms with Gasteiger partial charge in [-0.15, -0.1) is 11.3 Å². The Morgan fingerprint density at radius 3 is 2.69 bits per heavy atom. The van der Waals surface area contributed by atoms with Crippen molar-refractivity contribution in [2.75, 3.05) is 32.8 Å². The third-order valence-corrected chi connectivity index (χ3v) is 9.45. The number of likely N-dealkylation sites (tertiary alicyclic amines) is 1. The van der Waals surface area contributed by atoms with E-state index in [0.717, 1.165) is 10.8 Å². The lowest BCUT2D eigenvalue weighted by atomic mass is 9.87. The van der Waals surface area contributed by atoms with Crippen LogP contribution in [0.2, 0.25) is 0 Å². The predicted molar refractivity (Wildman–Crippen MR) is 157 cm³/mol. The van der Waals surface area contributed by atoms with Gasteiger partial charge in [0.05, 0.1) is 43.3 Å². The topological polar surface area (TPSA) is 117 Å². The van der Waals surface area contributed by atoms with Gasteiger partial charge in [-0.25, -0.2) is 27.3 Å². The molecule has 10 nitrogen and oxygen atoms in total. The summed E-state index contributed by atoms with van der Waals surface area (Å²) in [5, 5.41) is 15.7. The summed E-state index contributed by atoms with van der Waals surface area (Å²) in [6.07, 6.45) is -1.99. The largest absolute Gasteiger partial charge is 0.481 e. The average molecular weight is 654 g/mol. The minimum atomic E-state index is -3.37. The Kier molecular flexibility index (Phi) is 9.10. The molecule has 5 rings (SSSR count). The number of hydroxylamine groups is 2. The number of nitrogens with one attached hydrogen (secondary N) is 1. The van der Waals surface area contributed by atoms with E-state index in [2.05, 4.69) is 10.3 Å². The number of aryl methyl sites for hydroxylation is 1. The summed E-state index contributed by atoms with van der Waals surface area (Å²) in [6, 6.07) is 0.930. The van der Waals surface area contributed by atoms with Crippen molar-refractivity contribution >= 4 is 29.1 Å². The Morgan fingerprint density at radius 2 is 2.04 bits per heavy atom. The van der Waals surface area contributed by atoms with Crippen LogP contribution in [0.1, 0.15) is 48.6 Å². The average Bonchev–Trinajstić information content (AvgIpc) is 3.66. The number of hydrogen-bond donors (Lipinski definition) is 2. The highest BCUT2D eigenvalue weighted by atomic mass is 32.1. The van der Waals surface area contributed by atoms with Crippen LogP contribution < -0.4 is 5.32 Å². The van der Waals surface area contributed by atoms with Crippen molar-refractivity contribution in [3.05, 3.63) is 62.5 Å². The number of carbonyl (C=O) groups excluding carboxylic acids is 1. The number of carboxylic acids is 1. The maximum absolute atomic E-state index is 15.6. The van der Waals surface area contributed by atoms with Crippen molar-refractivity contribution in [3.63, 3.8) is 0 Å². The molecule has 1 aromatic heterocycles. The summed E-state index contributed by atoms with van der Waals surface area (Å²) < 4.78 is 66.4. The first-order chi connectivity index (χ1) is 21.1. The minimum absolute atomic E-state index is 0.0269. The number of carboxylic acid groups (broad SMARTS) is 1. The molecule has 3 aliphatic rings. The van der Waals surface area contributed by atoms with Gasteiger partial charge in [0.15, 0.2) is 10.8 Å². The second-order valence-electron chi connectivity index (χ2n) is 11.9. The molecule has 244 valence electrons. The van der Waals surface area contributed by atoms with Gasteiger partial charge in [0, 0.05) is 23.3 Å². The Hall–Kier alpha value is -3.40. The van der Waals surface area contributed by atoms with Gasteiger partial charge in [0.25, 0.3) is 5.92 Å². The number of amidine groups is 1. The number of rotatable bonds is 10. The van der Waals surface area contributed by atoms with E-state index in [1.807, 2.05) is 5.38 Å². The fourth-order valence-corrected chi connectivity index (χ4v) is 6.51. The summed E-state index contributed by atoms with van der Waals surface area (Å²) in [6.45, 7) is 5.58. The summed E-state index contributed by atoms with van der Waals surface area (Å²) in [7, 11) is 0. The van der Waals surface area contributed by atoms with E-state index >= 15 is 13.2 Å². The molecular weight excluding hydrogens is 618 g/mol. The van der Waals surface area contributed by atoms with Gasteiger partial charge in [0.1, 0.15) is 24.1 Å².